The Labute approximate surface area is 206 Å². The molecule has 192 valence electrons. The van der Waals surface area contributed by atoms with E-state index in [1.54, 1.807) is 12.1 Å². The number of aliphatic hydroxyl groups is 2. The zero-order valence-electron chi connectivity index (χ0n) is 20.4. The van der Waals surface area contributed by atoms with Gasteiger partial charge in [0, 0.05) is 6.42 Å². The van der Waals surface area contributed by atoms with Crippen molar-refractivity contribution < 1.29 is 34.8 Å². The molecule has 4 N–H and O–H groups in total. The molecule has 35 heavy (non-hydrogen) atoms. The van der Waals surface area contributed by atoms with E-state index in [1.165, 1.54) is 56.4 Å². The van der Waals surface area contributed by atoms with Crippen molar-refractivity contribution in [1.82, 2.24) is 4.98 Å². The first-order valence-corrected chi connectivity index (χ1v) is 12.4. The number of rotatable bonds is 17. The van der Waals surface area contributed by atoms with Gasteiger partial charge in [0.2, 0.25) is 0 Å². The van der Waals surface area contributed by atoms with Gasteiger partial charge in [0.05, 0.1) is 30.0 Å². The number of carbonyl (C=O) groups is 2. The van der Waals surface area contributed by atoms with Crippen molar-refractivity contribution in [3.8, 4) is 5.75 Å². The van der Waals surface area contributed by atoms with Gasteiger partial charge in [0.15, 0.2) is 0 Å². The number of carboxylic acids is 2. The lowest BCUT2D eigenvalue weighted by atomic mass is 10.00. The summed E-state index contributed by atoms with van der Waals surface area (Å²) in [5.41, 5.74) is 1.01. The maximum atomic E-state index is 11.1. The van der Waals surface area contributed by atoms with E-state index in [1.807, 2.05) is 0 Å². The molecular formula is C27H37NO7. The number of pyridine rings is 1. The molecule has 0 saturated carbocycles. The Kier molecular flexibility index (Phi) is 12.2. The highest BCUT2D eigenvalue weighted by Gasteiger charge is 2.23. The summed E-state index contributed by atoms with van der Waals surface area (Å²) in [6, 6.07) is 8.76. The van der Waals surface area contributed by atoms with E-state index in [2.05, 4.69) is 11.9 Å². The number of unbranched alkanes of at least 4 members (excludes halogenated alkanes) is 7. The van der Waals surface area contributed by atoms with Crippen LogP contribution in [0.2, 0.25) is 0 Å². The van der Waals surface area contributed by atoms with E-state index in [4.69, 9.17) is 14.9 Å². The van der Waals surface area contributed by atoms with Crippen molar-refractivity contribution >= 4 is 11.9 Å². The summed E-state index contributed by atoms with van der Waals surface area (Å²) < 4.78 is 5.87. The van der Waals surface area contributed by atoms with E-state index < -0.39 is 24.1 Å². The lowest BCUT2D eigenvalue weighted by molar-refractivity contribution is -0.137. The zero-order chi connectivity index (χ0) is 25.6. The summed E-state index contributed by atoms with van der Waals surface area (Å²) in [5, 5.41) is 39.4. The van der Waals surface area contributed by atoms with Crippen LogP contribution in [-0.4, -0.2) is 44.0 Å². The van der Waals surface area contributed by atoms with Crippen molar-refractivity contribution in [2.75, 3.05) is 6.61 Å². The Morgan fingerprint density at radius 3 is 2.09 bits per heavy atom. The molecule has 0 amide bonds. The number of aromatic carboxylic acids is 1. The van der Waals surface area contributed by atoms with E-state index in [0.29, 0.717) is 23.6 Å². The fourth-order valence-corrected chi connectivity index (χ4v) is 3.79. The molecule has 0 aliphatic heterocycles. The minimum absolute atomic E-state index is 0.0718. The quantitative estimate of drug-likeness (QED) is 0.227. The molecule has 0 radical (unpaired) electrons. The lowest BCUT2D eigenvalue weighted by Gasteiger charge is -2.20. The van der Waals surface area contributed by atoms with Crippen LogP contribution in [0.1, 0.15) is 104 Å². The number of aliphatic carboxylic acids is 1. The molecule has 2 unspecified atom stereocenters. The average molecular weight is 488 g/mol. The van der Waals surface area contributed by atoms with Gasteiger partial charge in [0.25, 0.3) is 0 Å². The summed E-state index contributed by atoms with van der Waals surface area (Å²) in [7, 11) is 0. The van der Waals surface area contributed by atoms with E-state index >= 15 is 0 Å². The van der Waals surface area contributed by atoms with Crippen LogP contribution in [0.15, 0.2) is 36.4 Å². The number of aromatic nitrogens is 1. The maximum Gasteiger partial charge on any atom is 0.335 e. The van der Waals surface area contributed by atoms with Crippen molar-refractivity contribution in [3.63, 3.8) is 0 Å². The highest BCUT2D eigenvalue weighted by molar-refractivity contribution is 5.87. The molecule has 1 aromatic heterocycles. The van der Waals surface area contributed by atoms with Gasteiger partial charge in [0.1, 0.15) is 18.0 Å². The van der Waals surface area contributed by atoms with E-state index in [9.17, 15) is 19.8 Å². The van der Waals surface area contributed by atoms with Crippen LogP contribution in [0.5, 0.6) is 5.75 Å². The van der Waals surface area contributed by atoms with E-state index in [-0.39, 0.29) is 24.1 Å². The topological polar surface area (TPSA) is 137 Å². The van der Waals surface area contributed by atoms with Crippen molar-refractivity contribution in [1.29, 1.82) is 0 Å². The number of nitrogens with zero attached hydrogens (tertiary/aromatic N) is 1. The van der Waals surface area contributed by atoms with Crippen LogP contribution in [0.4, 0.5) is 0 Å². The molecule has 0 aliphatic carbocycles. The Bertz CT molecular complexity index is 930. The molecular weight excluding hydrogens is 450 g/mol. The smallest absolute Gasteiger partial charge is 0.335 e. The number of carboxylic acid groups (broad SMARTS) is 2. The summed E-state index contributed by atoms with van der Waals surface area (Å²) in [6.07, 6.45) is 6.68. The number of hydrogen-bond donors (Lipinski definition) is 4. The minimum atomic E-state index is -1.38. The molecule has 1 heterocycles. The van der Waals surface area contributed by atoms with Crippen LogP contribution < -0.4 is 4.74 Å². The van der Waals surface area contributed by atoms with Gasteiger partial charge >= 0.3 is 11.9 Å². The van der Waals surface area contributed by atoms with Crippen LogP contribution in [0.25, 0.3) is 0 Å². The monoisotopic (exact) mass is 487 g/mol. The fourth-order valence-electron chi connectivity index (χ4n) is 3.79. The first-order chi connectivity index (χ1) is 16.8. The second-order valence-electron chi connectivity index (χ2n) is 8.71. The number of hydrogen-bond acceptors (Lipinski definition) is 6. The maximum absolute atomic E-state index is 11.1. The second-order valence-corrected chi connectivity index (χ2v) is 8.71. The normalized spacial score (nSPS) is 12.8. The Hall–Kier alpha value is -2.97. The summed E-state index contributed by atoms with van der Waals surface area (Å²) in [6.45, 7) is 2.70. The van der Waals surface area contributed by atoms with Gasteiger partial charge in [-0.2, -0.15) is 0 Å². The fraction of sp³-hybridized carbons (Fsp3) is 0.519. The van der Waals surface area contributed by atoms with Gasteiger partial charge in [-0.1, -0.05) is 64.0 Å². The van der Waals surface area contributed by atoms with E-state index in [0.717, 1.165) is 19.3 Å². The highest BCUT2D eigenvalue weighted by atomic mass is 16.5. The summed E-state index contributed by atoms with van der Waals surface area (Å²) >= 11 is 0. The number of benzene rings is 1. The van der Waals surface area contributed by atoms with Gasteiger partial charge in [-0.25, -0.2) is 4.79 Å². The average Bonchev–Trinajstić information content (AvgIpc) is 2.86. The number of ether oxygens (including phenoxy) is 1. The minimum Gasteiger partial charge on any atom is -0.492 e. The third-order valence-electron chi connectivity index (χ3n) is 5.89. The highest BCUT2D eigenvalue weighted by Crippen LogP contribution is 2.30. The number of aliphatic hydroxyl groups excluding tert-OH is 2. The van der Waals surface area contributed by atoms with Crippen LogP contribution in [0, 0.1) is 0 Å². The Morgan fingerprint density at radius 1 is 0.857 bits per heavy atom. The predicted octanol–water partition coefficient (Wildman–Crippen LogP) is 5.08. The van der Waals surface area contributed by atoms with Crippen molar-refractivity contribution in [2.45, 2.75) is 83.3 Å². The third-order valence-corrected chi connectivity index (χ3v) is 5.89. The van der Waals surface area contributed by atoms with Crippen LogP contribution in [0.3, 0.4) is 0 Å². The zero-order valence-corrected chi connectivity index (χ0v) is 20.4. The molecule has 0 aliphatic rings. The molecule has 0 spiro atoms. The largest absolute Gasteiger partial charge is 0.492 e. The number of aryl methyl sites for hydroxylation is 1. The standard InChI is InChI=1S/C27H37NO7/c1-2-3-4-5-6-7-8-9-18-35-23-16-14-22(28-21(23)15-17-24(29)30)26(32)25(31)19-10-12-20(13-11-19)27(33)34/h10-14,16,25-26,31-32H,2-9,15,17-18H2,1H3,(H,29,30)(H,33,34). The first kappa shape index (κ1) is 28.3. The predicted molar refractivity (Wildman–Crippen MR) is 132 cm³/mol. The Morgan fingerprint density at radius 2 is 1.49 bits per heavy atom. The van der Waals surface area contributed by atoms with Gasteiger partial charge < -0.3 is 25.2 Å². The summed E-state index contributed by atoms with van der Waals surface area (Å²) in [5.74, 6) is -1.57. The Balaban J connectivity index is 2.00. The molecule has 2 aromatic rings. The van der Waals surface area contributed by atoms with Gasteiger partial charge in [-0.3, -0.25) is 9.78 Å². The van der Waals surface area contributed by atoms with Gasteiger partial charge in [-0.05, 0) is 36.2 Å². The molecule has 2 atom stereocenters. The molecule has 0 bridgehead atoms. The van der Waals surface area contributed by atoms with Crippen molar-refractivity contribution in [3.05, 3.63) is 58.9 Å². The molecule has 8 nitrogen and oxygen atoms in total. The third kappa shape index (κ3) is 9.66. The lowest BCUT2D eigenvalue weighted by Crippen LogP contribution is -2.14. The van der Waals surface area contributed by atoms with Gasteiger partial charge in [-0.15, -0.1) is 0 Å². The summed E-state index contributed by atoms with van der Waals surface area (Å²) in [4.78, 5) is 26.5. The molecule has 8 heteroatoms. The SMILES string of the molecule is CCCCCCCCCCOc1ccc(C(O)C(O)c2ccc(C(=O)O)cc2)nc1CCC(=O)O. The first-order valence-electron chi connectivity index (χ1n) is 12.4. The van der Waals surface area contributed by atoms with Crippen LogP contribution in [-0.2, 0) is 11.2 Å². The molecule has 0 saturated heterocycles. The van der Waals surface area contributed by atoms with Crippen molar-refractivity contribution in [2.24, 2.45) is 0 Å². The van der Waals surface area contributed by atoms with Crippen LogP contribution >= 0.6 is 0 Å². The second kappa shape index (κ2) is 15.1. The molecule has 1 aromatic carbocycles. The molecule has 0 fully saturated rings. The molecule has 2 rings (SSSR count).